The van der Waals surface area contributed by atoms with E-state index in [0.29, 0.717) is 12.0 Å². The molecule has 0 aliphatic rings. The third kappa shape index (κ3) is 5.38. The molecular weight excluding hydrogens is 292 g/mol. The van der Waals surface area contributed by atoms with E-state index >= 15 is 0 Å². The fourth-order valence-electron chi connectivity index (χ4n) is 2.94. The molecule has 0 aliphatic carbocycles. The minimum absolute atomic E-state index is 0.136. The second-order valence-electron chi connectivity index (χ2n) is 6.11. The Balaban J connectivity index is 2.59. The maximum atomic E-state index is 11.7. The van der Waals surface area contributed by atoms with Gasteiger partial charge in [0.2, 0.25) is 0 Å². The molecule has 1 aromatic rings. The van der Waals surface area contributed by atoms with Crippen LogP contribution in [0.25, 0.3) is 0 Å². The van der Waals surface area contributed by atoms with Crippen LogP contribution in [0, 0.1) is 0 Å². The van der Waals surface area contributed by atoms with Crippen LogP contribution in [-0.4, -0.2) is 22.2 Å². The van der Waals surface area contributed by atoms with Crippen molar-refractivity contribution in [3.05, 3.63) is 35.9 Å². The summed E-state index contributed by atoms with van der Waals surface area (Å²) in [6.07, 6.45) is 8.72. The number of hydrogen-bond acceptors (Lipinski definition) is 2. The normalized spacial score (nSPS) is 11.3. The van der Waals surface area contributed by atoms with Crippen LogP contribution >= 0.6 is 0 Å². The molecule has 0 saturated carbocycles. The Morgan fingerprint density at radius 2 is 1.30 bits per heavy atom. The molecule has 0 atom stereocenters. The highest BCUT2D eigenvalue weighted by atomic mass is 16.4. The largest absolute Gasteiger partial charge is 0.480 e. The van der Waals surface area contributed by atoms with Crippen LogP contribution in [0.4, 0.5) is 0 Å². The minimum Gasteiger partial charge on any atom is -0.480 e. The number of carboxylic acids is 2. The van der Waals surface area contributed by atoms with Crippen molar-refractivity contribution in [3.8, 4) is 0 Å². The van der Waals surface area contributed by atoms with Crippen LogP contribution in [-0.2, 0) is 15.0 Å². The second kappa shape index (κ2) is 10.0. The summed E-state index contributed by atoms with van der Waals surface area (Å²) in [4.78, 5) is 23.4. The standard InChI is InChI=1S/C19H28O4/c1-2-3-4-5-6-7-8-12-15-19(17(20)21,18(22)23)16-13-10-9-11-14-16/h9-11,13-14H,2-8,12,15H2,1H3,(H,20,21)(H,22,23). The lowest BCUT2D eigenvalue weighted by molar-refractivity contribution is -0.158. The first kappa shape index (κ1) is 19.2. The number of carboxylic acid groups (broad SMARTS) is 2. The van der Waals surface area contributed by atoms with Crippen molar-refractivity contribution < 1.29 is 19.8 Å². The van der Waals surface area contributed by atoms with Crippen molar-refractivity contribution in [1.82, 2.24) is 0 Å². The van der Waals surface area contributed by atoms with Gasteiger partial charge in [0.1, 0.15) is 0 Å². The minimum atomic E-state index is -1.83. The maximum Gasteiger partial charge on any atom is 0.325 e. The molecule has 4 heteroatoms. The van der Waals surface area contributed by atoms with Crippen molar-refractivity contribution in [3.63, 3.8) is 0 Å². The summed E-state index contributed by atoms with van der Waals surface area (Å²) in [6.45, 7) is 2.18. The molecule has 0 aliphatic heterocycles. The fraction of sp³-hybridized carbons (Fsp3) is 0.579. The van der Waals surface area contributed by atoms with Gasteiger partial charge >= 0.3 is 11.9 Å². The predicted octanol–water partition coefficient (Wildman–Crippen LogP) is 4.62. The lowest BCUT2D eigenvalue weighted by atomic mass is 9.76. The van der Waals surface area contributed by atoms with Crippen molar-refractivity contribution in [2.45, 2.75) is 70.1 Å². The predicted molar refractivity (Wildman–Crippen MR) is 90.6 cm³/mol. The van der Waals surface area contributed by atoms with Crippen molar-refractivity contribution in [2.75, 3.05) is 0 Å². The van der Waals surface area contributed by atoms with Gasteiger partial charge in [-0.25, -0.2) is 0 Å². The number of rotatable bonds is 12. The quantitative estimate of drug-likeness (QED) is 0.435. The van der Waals surface area contributed by atoms with Gasteiger partial charge in [0.05, 0.1) is 0 Å². The van der Waals surface area contributed by atoms with E-state index in [1.807, 2.05) is 0 Å². The van der Waals surface area contributed by atoms with Crippen LogP contribution in [0.1, 0.15) is 70.3 Å². The summed E-state index contributed by atoms with van der Waals surface area (Å²) in [5.74, 6) is -2.56. The van der Waals surface area contributed by atoms with E-state index < -0.39 is 17.4 Å². The molecule has 0 unspecified atom stereocenters. The lowest BCUT2D eigenvalue weighted by Crippen LogP contribution is -2.43. The smallest absolute Gasteiger partial charge is 0.325 e. The highest BCUT2D eigenvalue weighted by Crippen LogP contribution is 2.31. The molecule has 1 aromatic carbocycles. The molecule has 4 nitrogen and oxygen atoms in total. The number of aliphatic carboxylic acids is 2. The average molecular weight is 320 g/mol. The molecule has 0 aromatic heterocycles. The van der Waals surface area contributed by atoms with Gasteiger partial charge < -0.3 is 10.2 Å². The van der Waals surface area contributed by atoms with Gasteiger partial charge in [-0.3, -0.25) is 9.59 Å². The first-order valence-corrected chi connectivity index (χ1v) is 8.58. The van der Waals surface area contributed by atoms with E-state index in [9.17, 15) is 19.8 Å². The monoisotopic (exact) mass is 320 g/mol. The van der Waals surface area contributed by atoms with E-state index in [4.69, 9.17) is 0 Å². The summed E-state index contributed by atoms with van der Waals surface area (Å²) in [6, 6.07) is 8.31. The Bertz CT molecular complexity index is 467. The summed E-state index contributed by atoms with van der Waals surface area (Å²) < 4.78 is 0. The Labute approximate surface area is 138 Å². The molecular formula is C19H28O4. The highest BCUT2D eigenvalue weighted by molar-refractivity contribution is 6.04. The third-order valence-electron chi connectivity index (χ3n) is 4.40. The zero-order valence-corrected chi connectivity index (χ0v) is 14.0. The molecule has 23 heavy (non-hydrogen) atoms. The summed E-state index contributed by atoms with van der Waals surface area (Å²) in [5, 5.41) is 19.1. The van der Waals surface area contributed by atoms with Crippen LogP contribution in [0.2, 0.25) is 0 Å². The maximum absolute atomic E-state index is 11.7. The molecule has 0 saturated heterocycles. The van der Waals surface area contributed by atoms with Gasteiger partial charge in [-0.05, 0) is 12.0 Å². The van der Waals surface area contributed by atoms with E-state index in [-0.39, 0.29) is 6.42 Å². The third-order valence-corrected chi connectivity index (χ3v) is 4.40. The van der Waals surface area contributed by atoms with Gasteiger partial charge in [-0.2, -0.15) is 0 Å². The molecule has 0 heterocycles. The SMILES string of the molecule is CCCCCCCCCCC(C(=O)O)(C(=O)O)c1ccccc1. The second-order valence-corrected chi connectivity index (χ2v) is 6.11. The van der Waals surface area contributed by atoms with E-state index in [2.05, 4.69) is 6.92 Å². The van der Waals surface area contributed by atoms with E-state index in [0.717, 1.165) is 19.3 Å². The summed E-state index contributed by atoms with van der Waals surface area (Å²) in [7, 11) is 0. The number of carbonyl (C=O) groups is 2. The van der Waals surface area contributed by atoms with Crippen molar-refractivity contribution in [1.29, 1.82) is 0 Å². The molecule has 0 fully saturated rings. The number of unbranched alkanes of at least 4 members (excludes halogenated alkanes) is 7. The average Bonchev–Trinajstić information content (AvgIpc) is 2.54. The van der Waals surface area contributed by atoms with Gasteiger partial charge in [0, 0.05) is 0 Å². The van der Waals surface area contributed by atoms with Crippen LogP contribution in [0.15, 0.2) is 30.3 Å². The van der Waals surface area contributed by atoms with E-state index in [1.54, 1.807) is 30.3 Å². The Kier molecular flexibility index (Phi) is 8.38. The van der Waals surface area contributed by atoms with Gasteiger partial charge in [0.25, 0.3) is 0 Å². The Hall–Kier alpha value is -1.84. The molecule has 128 valence electrons. The molecule has 0 radical (unpaired) electrons. The highest BCUT2D eigenvalue weighted by Gasteiger charge is 2.47. The van der Waals surface area contributed by atoms with Crippen molar-refractivity contribution >= 4 is 11.9 Å². The fourth-order valence-corrected chi connectivity index (χ4v) is 2.94. The lowest BCUT2D eigenvalue weighted by Gasteiger charge is -2.25. The van der Waals surface area contributed by atoms with Crippen LogP contribution < -0.4 is 0 Å². The van der Waals surface area contributed by atoms with Crippen LogP contribution in [0.3, 0.4) is 0 Å². The van der Waals surface area contributed by atoms with Gasteiger partial charge in [-0.15, -0.1) is 0 Å². The molecule has 0 amide bonds. The Morgan fingerprint density at radius 3 is 1.78 bits per heavy atom. The molecule has 0 bridgehead atoms. The topological polar surface area (TPSA) is 74.6 Å². The molecule has 1 rings (SSSR count). The van der Waals surface area contributed by atoms with E-state index in [1.165, 1.54) is 25.7 Å². The van der Waals surface area contributed by atoms with Crippen molar-refractivity contribution in [2.24, 2.45) is 0 Å². The summed E-state index contributed by atoms with van der Waals surface area (Å²) in [5.41, 5.74) is -1.48. The number of benzene rings is 1. The first-order valence-electron chi connectivity index (χ1n) is 8.58. The molecule has 0 spiro atoms. The first-order chi connectivity index (χ1) is 11.1. The Morgan fingerprint density at radius 1 is 0.826 bits per heavy atom. The zero-order chi connectivity index (χ0) is 17.1. The van der Waals surface area contributed by atoms with Crippen LogP contribution in [0.5, 0.6) is 0 Å². The molecule has 2 N–H and O–H groups in total. The summed E-state index contributed by atoms with van der Waals surface area (Å²) >= 11 is 0. The van der Waals surface area contributed by atoms with Gasteiger partial charge in [-0.1, -0.05) is 88.6 Å². The number of hydrogen-bond donors (Lipinski definition) is 2. The van der Waals surface area contributed by atoms with Gasteiger partial charge in [0.15, 0.2) is 5.41 Å². The zero-order valence-electron chi connectivity index (χ0n) is 14.0.